The molecule has 0 radical (unpaired) electrons. The first-order valence-corrected chi connectivity index (χ1v) is 8.61. The van der Waals surface area contributed by atoms with E-state index in [4.69, 9.17) is 15.4 Å². The Morgan fingerprint density at radius 1 is 1.32 bits per heavy atom. The van der Waals surface area contributed by atoms with Gasteiger partial charge in [-0.3, -0.25) is 4.79 Å². The van der Waals surface area contributed by atoms with Gasteiger partial charge in [0.15, 0.2) is 0 Å². The van der Waals surface area contributed by atoms with E-state index >= 15 is 0 Å². The Hall–Kier alpha value is -0.660. The average Bonchev–Trinajstić information content (AvgIpc) is 2.62. The third-order valence-electron chi connectivity index (χ3n) is 2.22. The zero-order chi connectivity index (χ0) is 15.1. The fraction of sp³-hybridized carbons (Fsp3) is 0.636. The van der Waals surface area contributed by atoms with Gasteiger partial charge in [-0.25, -0.2) is 13.4 Å². The first kappa shape index (κ1) is 16.4. The molecular weight excluding hydrogens is 310 g/mol. The van der Waals surface area contributed by atoms with E-state index in [2.05, 4.69) is 4.98 Å². The lowest BCUT2D eigenvalue weighted by Crippen LogP contribution is -2.36. The molecular formula is C11H16ClNO4S2. The third kappa shape index (κ3) is 4.15. The number of rotatable bonds is 3. The molecule has 0 unspecified atom stereocenters. The number of halogens is 1. The van der Waals surface area contributed by atoms with Crippen molar-refractivity contribution in [3.05, 3.63) is 11.1 Å². The summed E-state index contributed by atoms with van der Waals surface area (Å²) in [7, 11) is 1.34. The van der Waals surface area contributed by atoms with Gasteiger partial charge >= 0.3 is 5.97 Å². The number of esters is 1. The summed E-state index contributed by atoms with van der Waals surface area (Å²) < 4.78 is 27.4. The van der Waals surface area contributed by atoms with Crippen LogP contribution in [0.3, 0.4) is 0 Å². The van der Waals surface area contributed by atoms with Gasteiger partial charge < -0.3 is 4.74 Å². The van der Waals surface area contributed by atoms with Gasteiger partial charge in [-0.2, -0.15) is 0 Å². The Labute approximate surface area is 121 Å². The van der Waals surface area contributed by atoms with Gasteiger partial charge in [-0.15, -0.1) is 11.3 Å². The second kappa shape index (κ2) is 5.03. The highest BCUT2D eigenvalue weighted by Crippen LogP contribution is 2.33. The molecule has 108 valence electrons. The summed E-state index contributed by atoms with van der Waals surface area (Å²) in [5, 5.41) is 0. The first-order chi connectivity index (χ1) is 8.34. The van der Waals surface area contributed by atoms with E-state index in [1.165, 1.54) is 6.20 Å². The van der Waals surface area contributed by atoms with Gasteiger partial charge in [-0.1, -0.05) is 0 Å². The van der Waals surface area contributed by atoms with Crippen molar-refractivity contribution in [2.45, 2.75) is 50.0 Å². The van der Waals surface area contributed by atoms with Crippen LogP contribution in [0.2, 0.25) is 0 Å². The molecule has 0 amide bonds. The number of carbonyl (C=O) groups excluding carboxylic acids is 1. The van der Waals surface area contributed by atoms with E-state index in [1.807, 2.05) is 0 Å². The standard InChI is InChI=1S/C11H16ClNO4S2/c1-10(2,3)17-8(14)11(4,5)7-6-13-9(18-7)19(12,15)16/h6H,1-5H3. The average molecular weight is 326 g/mol. The molecule has 0 aromatic carbocycles. The predicted octanol–water partition coefficient (Wildman–Crippen LogP) is 2.69. The van der Waals surface area contributed by atoms with E-state index in [1.54, 1.807) is 34.6 Å². The summed E-state index contributed by atoms with van der Waals surface area (Å²) in [6.07, 6.45) is 1.34. The molecule has 0 spiro atoms. The van der Waals surface area contributed by atoms with Crippen molar-refractivity contribution < 1.29 is 17.9 Å². The van der Waals surface area contributed by atoms with Crippen LogP contribution in [0.1, 0.15) is 39.5 Å². The maximum absolute atomic E-state index is 12.1. The van der Waals surface area contributed by atoms with E-state index in [0.717, 1.165) is 11.3 Å². The lowest BCUT2D eigenvalue weighted by Gasteiger charge is -2.27. The van der Waals surface area contributed by atoms with Crippen LogP contribution in [0.15, 0.2) is 10.5 Å². The Morgan fingerprint density at radius 2 is 1.84 bits per heavy atom. The summed E-state index contributed by atoms with van der Waals surface area (Å²) in [6, 6.07) is 0. The number of aromatic nitrogens is 1. The summed E-state index contributed by atoms with van der Waals surface area (Å²) in [5.74, 6) is -0.442. The molecule has 1 aromatic heterocycles. The first-order valence-electron chi connectivity index (χ1n) is 5.48. The predicted molar refractivity (Wildman–Crippen MR) is 74.0 cm³/mol. The van der Waals surface area contributed by atoms with Crippen LogP contribution in [0.5, 0.6) is 0 Å². The number of ether oxygens (including phenoxy) is 1. The molecule has 0 aliphatic carbocycles. The molecule has 1 heterocycles. The number of hydrogen-bond acceptors (Lipinski definition) is 6. The van der Waals surface area contributed by atoms with E-state index in [-0.39, 0.29) is 4.34 Å². The molecule has 0 bridgehead atoms. The minimum atomic E-state index is -3.88. The summed E-state index contributed by atoms with van der Waals surface area (Å²) in [4.78, 5) is 16.3. The number of thiazole rings is 1. The van der Waals surface area contributed by atoms with Crippen LogP contribution < -0.4 is 0 Å². The third-order valence-corrected chi connectivity index (χ3v) is 5.48. The van der Waals surface area contributed by atoms with Crippen molar-refractivity contribution in [2.24, 2.45) is 0 Å². The van der Waals surface area contributed by atoms with Gasteiger partial charge in [0.2, 0.25) is 4.34 Å². The van der Waals surface area contributed by atoms with Crippen molar-refractivity contribution in [3.8, 4) is 0 Å². The second-order valence-electron chi connectivity index (χ2n) is 5.56. The maximum atomic E-state index is 12.1. The monoisotopic (exact) mass is 325 g/mol. The zero-order valence-electron chi connectivity index (χ0n) is 11.4. The van der Waals surface area contributed by atoms with Gasteiger partial charge in [0.05, 0.1) is 5.41 Å². The zero-order valence-corrected chi connectivity index (χ0v) is 13.7. The number of hydrogen-bond donors (Lipinski definition) is 0. The molecule has 0 atom stereocenters. The van der Waals surface area contributed by atoms with Crippen molar-refractivity contribution in [3.63, 3.8) is 0 Å². The van der Waals surface area contributed by atoms with Gasteiger partial charge in [0.1, 0.15) is 5.60 Å². The van der Waals surface area contributed by atoms with Crippen molar-refractivity contribution >= 4 is 37.0 Å². The number of nitrogens with zero attached hydrogens (tertiary/aromatic N) is 1. The van der Waals surface area contributed by atoms with Crippen LogP contribution >= 0.6 is 22.0 Å². The highest BCUT2D eigenvalue weighted by molar-refractivity contribution is 8.14. The molecule has 0 fully saturated rings. The Morgan fingerprint density at radius 3 is 2.21 bits per heavy atom. The van der Waals surface area contributed by atoms with Gasteiger partial charge in [0.25, 0.3) is 9.05 Å². The minimum absolute atomic E-state index is 0.221. The van der Waals surface area contributed by atoms with Crippen LogP contribution in [0.4, 0.5) is 0 Å². The van der Waals surface area contributed by atoms with Crippen LogP contribution in [-0.2, 0) is 24.0 Å². The molecule has 1 aromatic rings. The lowest BCUT2D eigenvalue weighted by molar-refractivity contribution is -0.160. The molecule has 8 heteroatoms. The fourth-order valence-corrected chi connectivity index (χ4v) is 3.15. The number of carbonyl (C=O) groups is 1. The smallest absolute Gasteiger partial charge is 0.317 e. The minimum Gasteiger partial charge on any atom is -0.459 e. The topological polar surface area (TPSA) is 73.3 Å². The van der Waals surface area contributed by atoms with Crippen LogP contribution in [-0.4, -0.2) is 25.0 Å². The highest BCUT2D eigenvalue weighted by Gasteiger charge is 2.37. The molecule has 0 saturated heterocycles. The van der Waals surface area contributed by atoms with Gasteiger partial charge in [0, 0.05) is 21.8 Å². The van der Waals surface area contributed by atoms with E-state index in [0.29, 0.717) is 4.88 Å². The van der Waals surface area contributed by atoms with E-state index in [9.17, 15) is 13.2 Å². The largest absolute Gasteiger partial charge is 0.459 e. The van der Waals surface area contributed by atoms with Crippen molar-refractivity contribution in [1.82, 2.24) is 4.98 Å². The molecule has 0 saturated carbocycles. The Bertz CT molecular complexity index is 584. The Kier molecular flexibility index (Phi) is 4.34. The lowest BCUT2D eigenvalue weighted by atomic mass is 9.92. The van der Waals surface area contributed by atoms with Crippen molar-refractivity contribution in [1.29, 1.82) is 0 Å². The quantitative estimate of drug-likeness (QED) is 0.631. The molecule has 0 N–H and O–H groups in total. The molecule has 0 aliphatic rings. The molecule has 19 heavy (non-hydrogen) atoms. The fourth-order valence-electron chi connectivity index (χ4n) is 1.17. The molecule has 0 aliphatic heterocycles. The molecule has 1 rings (SSSR count). The summed E-state index contributed by atoms with van der Waals surface area (Å²) in [5.41, 5.74) is -1.59. The summed E-state index contributed by atoms with van der Waals surface area (Å²) >= 11 is 0.869. The van der Waals surface area contributed by atoms with Gasteiger partial charge in [-0.05, 0) is 34.6 Å². The maximum Gasteiger partial charge on any atom is 0.317 e. The van der Waals surface area contributed by atoms with Crippen LogP contribution in [0.25, 0.3) is 0 Å². The second-order valence-corrected chi connectivity index (χ2v) is 9.33. The Balaban J connectivity index is 3.07. The van der Waals surface area contributed by atoms with Crippen molar-refractivity contribution in [2.75, 3.05) is 0 Å². The SMILES string of the molecule is CC(C)(C)OC(=O)C(C)(C)c1cnc(S(=O)(=O)Cl)s1. The molecule has 5 nitrogen and oxygen atoms in total. The van der Waals surface area contributed by atoms with Crippen LogP contribution in [0, 0.1) is 0 Å². The highest BCUT2D eigenvalue weighted by atomic mass is 35.7. The normalized spacial score (nSPS) is 13.4. The van der Waals surface area contributed by atoms with E-state index < -0.39 is 26.0 Å². The summed E-state index contributed by atoms with van der Waals surface area (Å²) in [6.45, 7) is 8.60.